The highest BCUT2D eigenvalue weighted by molar-refractivity contribution is 6.29. The van der Waals surface area contributed by atoms with Gasteiger partial charge in [-0.3, -0.25) is 0 Å². The zero-order valence-electron chi connectivity index (χ0n) is 12.0. The van der Waals surface area contributed by atoms with Crippen molar-refractivity contribution in [3.8, 4) is 11.5 Å². The monoisotopic (exact) mass is 307 g/mol. The summed E-state index contributed by atoms with van der Waals surface area (Å²) in [5, 5.41) is 10.8. The summed E-state index contributed by atoms with van der Waals surface area (Å²) in [5.41, 5.74) is 1.39. The summed E-state index contributed by atoms with van der Waals surface area (Å²) in [6.45, 7) is 4.91. The van der Waals surface area contributed by atoms with Crippen molar-refractivity contribution in [3.63, 3.8) is 0 Å². The van der Waals surface area contributed by atoms with E-state index in [4.69, 9.17) is 21.1 Å². The summed E-state index contributed by atoms with van der Waals surface area (Å²) in [4.78, 5) is 3.98. The first-order valence-electron chi connectivity index (χ1n) is 6.84. The van der Waals surface area contributed by atoms with Crippen LogP contribution in [-0.2, 0) is 0 Å². The van der Waals surface area contributed by atoms with Gasteiger partial charge in [-0.1, -0.05) is 23.7 Å². The van der Waals surface area contributed by atoms with E-state index in [2.05, 4.69) is 4.98 Å². The van der Waals surface area contributed by atoms with Gasteiger partial charge >= 0.3 is 0 Å². The topological polar surface area (TPSA) is 51.6 Å². The Labute approximate surface area is 129 Å². The maximum absolute atomic E-state index is 10.4. The summed E-state index contributed by atoms with van der Waals surface area (Å²) in [6.07, 6.45) is 0.772. The second-order valence-corrected chi connectivity index (χ2v) is 4.78. The molecular weight excluding hydrogens is 290 g/mol. The molecule has 1 unspecified atom stereocenters. The van der Waals surface area contributed by atoms with Gasteiger partial charge in [0, 0.05) is 11.8 Å². The molecule has 4 nitrogen and oxygen atoms in total. The standard InChI is InChI=1S/C16H18ClNO3/c1-3-20-13-7-5-11(9-14(13)21-4-2)16(19)12-6-8-15(17)18-10-12/h5-10,16,19H,3-4H2,1-2H3. The van der Waals surface area contributed by atoms with Crippen molar-refractivity contribution in [2.45, 2.75) is 20.0 Å². The predicted molar refractivity (Wildman–Crippen MR) is 82.1 cm³/mol. The van der Waals surface area contributed by atoms with Crippen LogP contribution in [0.3, 0.4) is 0 Å². The molecular formula is C16H18ClNO3. The minimum absolute atomic E-state index is 0.396. The molecule has 0 aliphatic carbocycles. The van der Waals surface area contributed by atoms with E-state index in [-0.39, 0.29) is 0 Å². The van der Waals surface area contributed by atoms with Crippen LogP contribution in [0.5, 0.6) is 11.5 Å². The molecule has 1 atom stereocenters. The van der Waals surface area contributed by atoms with Crippen LogP contribution in [0.2, 0.25) is 5.15 Å². The molecule has 0 saturated heterocycles. The second kappa shape index (κ2) is 7.29. The molecule has 21 heavy (non-hydrogen) atoms. The van der Waals surface area contributed by atoms with E-state index in [1.807, 2.05) is 19.9 Å². The first kappa shape index (κ1) is 15.6. The van der Waals surface area contributed by atoms with Crippen LogP contribution in [0.25, 0.3) is 0 Å². The quantitative estimate of drug-likeness (QED) is 0.828. The van der Waals surface area contributed by atoms with E-state index >= 15 is 0 Å². The van der Waals surface area contributed by atoms with Crippen LogP contribution in [0.1, 0.15) is 31.1 Å². The predicted octanol–water partition coefficient (Wildman–Crippen LogP) is 3.61. The summed E-state index contributed by atoms with van der Waals surface area (Å²) < 4.78 is 11.1. The number of halogens is 1. The summed E-state index contributed by atoms with van der Waals surface area (Å²) in [6, 6.07) is 8.80. The zero-order chi connectivity index (χ0) is 15.2. The lowest BCUT2D eigenvalue weighted by molar-refractivity contribution is 0.218. The number of nitrogens with zero attached hydrogens (tertiary/aromatic N) is 1. The molecule has 0 aliphatic rings. The van der Waals surface area contributed by atoms with Crippen LogP contribution >= 0.6 is 11.6 Å². The fourth-order valence-electron chi connectivity index (χ4n) is 1.98. The molecule has 0 bridgehead atoms. The Morgan fingerprint density at radius 3 is 2.33 bits per heavy atom. The first-order valence-corrected chi connectivity index (χ1v) is 7.22. The highest BCUT2D eigenvalue weighted by atomic mass is 35.5. The number of pyridine rings is 1. The van der Waals surface area contributed by atoms with Gasteiger partial charge in [-0.2, -0.15) is 0 Å². The van der Waals surface area contributed by atoms with Gasteiger partial charge in [-0.05, 0) is 37.6 Å². The van der Waals surface area contributed by atoms with Gasteiger partial charge in [0.15, 0.2) is 11.5 Å². The molecule has 0 fully saturated rings. The lowest BCUT2D eigenvalue weighted by atomic mass is 10.0. The largest absolute Gasteiger partial charge is 0.490 e. The van der Waals surface area contributed by atoms with Gasteiger partial charge < -0.3 is 14.6 Å². The van der Waals surface area contributed by atoms with E-state index in [1.165, 1.54) is 0 Å². The maximum atomic E-state index is 10.4. The van der Waals surface area contributed by atoms with Gasteiger partial charge in [0.25, 0.3) is 0 Å². The molecule has 1 aromatic carbocycles. The third kappa shape index (κ3) is 3.86. The number of ether oxygens (including phenoxy) is 2. The maximum Gasteiger partial charge on any atom is 0.161 e. The summed E-state index contributed by atoms with van der Waals surface area (Å²) >= 11 is 5.76. The molecule has 5 heteroatoms. The smallest absolute Gasteiger partial charge is 0.161 e. The average molecular weight is 308 g/mol. The van der Waals surface area contributed by atoms with Crippen LogP contribution in [-0.4, -0.2) is 23.3 Å². The Hall–Kier alpha value is -1.78. The fourth-order valence-corrected chi connectivity index (χ4v) is 2.09. The highest BCUT2D eigenvalue weighted by Gasteiger charge is 2.14. The Morgan fingerprint density at radius 1 is 1.05 bits per heavy atom. The fraction of sp³-hybridized carbons (Fsp3) is 0.312. The summed E-state index contributed by atoms with van der Waals surface area (Å²) in [5.74, 6) is 1.29. The van der Waals surface area contributed by atoms with E-state index in [9.17, 15) is 5.11 Å². The molecule has 0 radical (unpaired) electrons. The van der Waals surface area contributed by atoms with Gasteiger partial charge in [-0.15, -0.1) is 0 Å². The van der Waals surface area contributed by atoms with Crippen molar-refractivity contribution < 1.29 is 14.6 Å². The average Bonchev–Trinajstić information content (AvgIpc) is 2.49. The third-order valence-corrected chi connectivity index (χ3v) is 3.17. The van der Waals surface area contributed by atoms with Crippen molar-refractivity contribution in [1.29, 1.82) is 0 Å². The van der Waals surface area contributed by atoms with Crippen LogP contribution in [0.4, 0.5) is 0 Å². The second-order valence-electron chi connectivity index (χ2n) is 4.39. The number of aliphatic hydroxyl groups is 1. The minimum Gasteiger partial charge on any atom is -0.490 e. The van der Waals surface area contributed by atoms with Crippen molar-refractivity contribution in [2.24, 2.45) is 0 Å². The van der Waals surface area contributed by atoms with E-state index in [1.54, 1.807) is 30.5 Å². The molecule has 2 aromatic rings. The van der Waals surface area contributed by atoms with Crippen molar-refractivity contribution in [2.75, 3.05) is 13.2 Å². The Balaban J connectivity index is 2.30. The van der Waals surface area contributed by atoms with Gasteiger partial charge in [-0.25, -0.2) is 4.98 Å². The van der Waals surface area contributed by atoms with Crippen molar-refractivity contribution in [1.82, 2.24) is 4.98 Å². The van der Waals surface area contributed by atoms with Crippen molar-refractivity contribution >= 4 is 11.6 Å². The molecule has 0 saturated carbocycles. The lowest BCUT2D eigenvalue weighted by Crippen LogP contribution is -2.03. The molecule has 2 rings (SSSR count). The first-order chi connectivity index (χ1) is 10.2. The number of aliphatic hydroxyl groups excluding tert-OH is 1. The van der Waals surface area contributed by atoms with Gasteiger partial charge in [0.05, 0.1) is 13.2 Å². The molecule has 0 spiro atoms. The highest BCUT2D eigenvalue weighted by Crippen LogP contribution is 2.32. The van der Waals surface area contributed by atoms with E-state index < -0.39 is 6.10 Å². The lowest BCUT2D eigenvalue weighted by Gasteiger charge is -2.15. The van der Waals surface area contributed by atoms with Crippen LogP contribution in [0, 0.1) is 0 Å². The number of benzene rings is 1. The number of rotatable bonds is 6. The van der Waals surface area contributed by atoms with Crippen LogP contribution in [0.15, 0.2) is 36.5 Å². The Kier molecular flexibility index (Phi) is 5.42. The molecule has 1 N–H and O–H groups in total. The minimum atomic E-state index is -0.787. The molecule has 0 amide bonds. The Morgan fingerprint density at radius 2 is 1.71 bits per heavy atom. The number of hydrogen-bond acceptors (Lipinski definition) is 4. The van der Waals surface area contributed by atoms with E-state index in [0.29, 0.717) is 41.0 Å². The van der Waals surface area contributed by atoms with Gasteiger partial charge in [0.2, 0.25) is 0 Å². The molecule has 0 aliphatic heterocycles. The Bertz CT molecular complexity index is 587. The normalized spacial score (nSPS) is 12.0. The van der Waals surface area contributed by atoms with Gasteiger partial charge in [0.1, 0.15) is 11.3 Å². The zero-order valence-corrected chi connectivity index (χ0v) is 12.8. The summed E-state index contributed by atoms with van der Waals surface area (Å²) in [7, 11) is 0. The van der Waals surface area contributed by atoms with Crippen LogP contribution < -0.4 is 9.47 Å². The third-order valence-electron chi connectivity index (χ3n) is 2.95. The molecule has 1 aromatic heterocycles. The van der Waals surface area contributed by atoms with Crippen molar-refractivity contribution in [3.05, 3.63) is 52.8 Å². The number of aromatic nitrogens is 1. The molecule has 112 valence electrons. The molecule has 1 heterocycles. The number of hydrogen-bond donors (Lipinski definition) is 1. The SMILES string of the molecule is CCOc1ccc(C(O)c2ccc(Cl)nc2)cc1OCC. The van der Waals surface area contributed by atoms with E-state index in [0.717, 1.165) is 0 Å².